The first kappa shape index (κ1) is 15.3. The van der Waals surface area contributed by atoms with Gasteiger partial charge in [-0.25, -0.2) is 0 Å². The number of hydrogen-bond donors (Lipinski definition) is 1. The van der Waals surface area contributed by atoms with E-state index in [1.807, 2.05) is 36.0 Å². The minimum Gasteiger partial charge on any atom is -0.360 e. The number of rotatable bonds is 3. The lowest BCUT2D eigenvalue weighted by atomic mass is 10.2. The van der Waals surface area contributed by atoms with Crippen LogP contribution in [0.2, 0.25) is 5.02 Å². The molecule has 5 heteroatoms. The van der Waals surface area contributed by atoms with Gasteiger partial charge in [0.1, 0.15) is 0 Å². The molecule has 0 spiro atoms. The van der Waals surface area contributed by atoms with Crippen molar-refractivity contribution in [2.75, 3.05) is 23.3 Å². The Bertz CT molecular complexity index is 692. The zero-order valence-corrected chi connectivity index (χ0v) is 13.8. The molecule has 114 valence electrons. The summed E-state index contributed by atoms with van der Waals surface area (Å²) >= 11 is 7.80. The second kappa shape index (κ2) is 6.63. The number of amides is 1. The number of carbonyl (C=O) groups is 1. The smallest absolute Gasteiger partial charge is 0.243 e. The monoisotopic (exact) mass is 332 g/mol. The van der Waals surface area contributed by atoms with E-state index in [9.17, 15) is 4.79 Å². The highest BCUT2D eigenvalue weighted by molar-refractivity contribution is 8.00. The number of para-hydroxylation sites is 1. The molecule has 2 aromatic rings. The number of nitrogens with zero attached hydrogens (tertiary/aromatic N) is 1. The quantitative estimate of drug-likeness (QED) is 0.910. The summed E-state index contributed by atoms with van der Waals surface area (Å²) in [5.41, 5.74) is 1.86. The van der Waals surface area contributed by atoms with Gasteiger partial charge in [-0.15, -0.1) is 11.8 Å². The summed E-state index contributed by atoms with van der Waals surface area (Å²) in [4.78, 5) is 15.7. The van der Waals surface area contributed by atoms with Crippen LogP contribution in [0.25, 0.3) is 0 Å². The molecule has 3 nitrogen and oxygen atoms in total. The van der Waals surface area contributed by atoms with Crippen LogP contribution in [0.4, 0.5) is 11.4 Å². The van der Waals surface area contributed by atoms with E-state index in [4.69, 9.17) is 11.6 Å². The molecule has 0 fully saturated rings. The Morgan fingerprint density at radius 1 is 1.32 bits per heavy atom. The highest BCUT2D eigenvalue weighted by atomic mass is 35.5. The van der Waals surface area contributed by atoms with Gasteiger partial charge in [0.25, 0.3) is 0 Å². The molecule has 1 amide bonds. The van der Waals surface area contributed by atoms with Crippen molar-refractivity contribution in [3.05, 3.63) is 53.6 Å². The minimum absolute atomic E-state index is 0.0313. The number of anilines is 2. The summed E-state index contributed by atoms with van der Waals surface area (Å²) in [5.74, 6) is -0.0313. The molecule has 1 aliphatic heterocycles. The second-order valence-corrected chi connectivity index (χ2v) is 7.25. The highest BCUT2D eigenvalue weighted by Crippen LogP contribution is 2.37. The van der Waals surface area contributed by atoms with Crippen molar-refractivity contribution in [3.8, 4) is 0 Å². The van der Waals surface area contributed by atoms with Gasteiger partial charge in [-0.2, -0.15) is 0 Å². The molecule has 0 saturated carbocycles. The molecule has 0 radical (unpaired) electrons. The highest BCUT2D eigenvalue weighted by Gasteiger charge is 2.23. The lowest BCUT2D eigenvalue weighted by Gasteiger charge is -2.33. The van der Waals surface area contributed by atoms with Crippen LogP contribution in [0.5, 0.6) is 0 Å². The maximum Gasteiger partial charge on any atom is 0.243 e. The Morgan fingerprint density at radius 3 is 2.95 bits per heavy atom. The van der Waals surface area contributed by atoms with Crippen LogP contribution in [0, 0.1) is 0 Å². The zero-order valence-electron chi connectivity index (χ0n) is 12.3. The third-order valence-corrected chi connectivity index (χ3v) is 4.84. The maximum absolute atomic E-state index is 12.3. The van der Waals surface area contributed by atoms with Gasteiger partial charge in [0.2, 0.25) is 5.91 Å². The van der Waals surface area contributed by atoms with Gasteiger partial charge in [0.15, 0.2) is 0 Å². The van der Waals surface area contributed by atoms with Crippen LogP contribution in [0.1, 0.15) is 6.92 Å². The van der Waals surface area contributed by atoms with Crippen molar-refractivity contribution in [2.45, 2.75) is 17.1 Å². The molecule has 22 heavy (non-hydrogen) atoms. The third kappa shape index (κ3) is 3.57. The van der Waals surface area contributed by atoms with Gasteiger partial charge in [-0.1, -0.05) is 36.7 Å². The SMILES string of the molecule is CC1CN(CC(=O)Nc2cccc(Cl)c2)c2ccccc2S1. The summed E-state index contributed by atoms with van der Waals surface area (Å²) < 4.78 is 0. The van der Waals surface area contributed by atoms with E-state index in [1.165, 1.54) is 4.90 Å². The van der Waals surface area contributed by atoms with Gasteiger partial charge in [0.05, 0.1) is 12.2 Å². The Labute approximate surface area is 139 Å². The number of carbonyl (C=O) groups excluding carboxylic acids is 1. The molecule has 0 saturated heterocycles. The van der Waals surface area contributed by atoms with E-state index < -0.39 is 0 Å². The molecular weight excluding hydrogens is 316 g/mol. The molecule has 1 atom stereocenters. The number of halogens is 1. The summed E-state index contributed by atoms with van der Waals surface area (Å²) in [6.07, 6.45) is 0. The van der Waals surface area contributed by atoms with Crippen LogP contribution in [-0.2, 0) is 4.79 Å². The number of benzene rings is 2. The lowest BCUT2D eigenvalue weighted by molar-refractivity contribution is -0.115. The predicted octanol–water partition coefficient (Wildman–Crippen LogP) is 4.28. The van der Waals surface area contributed by atoms with Crippen LogP contribution in [0.15, 0.2) is 53.4 Å². The van der Waals surface area contributed by atoms with Gasteiger partial charge in [-0.05, 0) is 30.3 Å². The van der Waals surface area contributed by atoms with Crippen LogP contribution >= 0.6 is 23.4 Å². The van der Waals surface area contributed by atoms with Gasteiger partial charge >= 0.3 is 0 Å². The first-order valence-electron chi connectivity index (χ1n) is 7.18. The average molecular weight is 333 g/mol. The molecular formula is C17H17ClN2OS. The van der Waals surface area contributed by atoms with Gasteiger partial charge < -0.3 is 10.2 Å². The Kier molecular flexibility index (Phi) is 4.60. The summed E-state index contributed by atoms with van der Waals surface area (Å²) in [6.45, 7) is 3.39. The standard InChI is InChI=1S/C17H17ClN2OS/c1-12-10-20(15-7-2-3-8-16(15)22-12)11-17(21)19-14-6-4-5-13(18)9-14/h2-9,12H,10-11H2,1H3,(H,19,21). The van der Waals surface area contributed by atoms with Crippen molar-refractivity contribution < 1.29 is 4.79 Å². The van der Waals surface area contributed by atoms with E-state index in [0.717, 1.165) is 17.9 Å². The van der Waals surface area contributed by atoms with Crippen molar-refractivity contribution >= 4 is 40.6 Å². The Hall–Kier alpha value is -1.65. The lowest BCUT2D eigenvalue weighted by Crippen LogP contribution is -2.39. The summed E-state index contributed by atoms with van der Waals surface area (Å²) in [7, 11) is 0. The van der Waals surface area contributed by atoms with Crippen molar-refractivity contribution in [1.29, 1.82) is 0 Å². The summed E-state index contributed by atoms with van der Waals surface area (Å²) in [5, 5.41) is 3.99. The molecule has 1 aliphatic rings. The van der Waals surface area contributed by atoms with Crippen molar-refractivity contribution in [2.24, 2.45) is 0 Å². The minimum atomic E-state index is -0.0313. The van der Waals surface area contributed by atoms with E-state index in [-0.39, 0.29) is 5.91 Å². The third-order valence-electron chi connectivity index (χ3n) is 3.45. The number of nitrogens with one attached hydrogen (secondary N) is 1. The first-order chi connectivity index (χ1) is 10.6. The average Bonchev–Trinajstić information content (AvgIpc) is 2.47. The Morgan fingerprint density at radius 2 is 2.14 bits per heavy atom. The maximum atomic E-state index is 12.3. The topological polar surface area (TPSA) is 32.3 Å². The second-order valence-electron chi connectivity index (χ2n) is 5.34. The number of thioether (sulfide) groups is 1. The van der Waals surface area contributed by atoms with Crippen molar-refractivity contribution in [3.63, 3.8) is 0 Å². The van der Waals surface area contributed by atoms with E-state index in [2.05, 4.69) is 29.3 Å². The Balaban J connectivity index is 1.71. The fourth-order valence-corrected chi connectivity index (χ4v) is 3.92. The fourth-order valence-electron chi connectivity index (χ4n) is 2.57. The first-order valence-corrected chi connectivity index (χ1v) is 8.43. The van der Waals surface area contributed by atoms with E-state index >= 15 is 0 Å². The van der Waals surface area contributed by atoms with Crippen LogP contribution < -0.4 is 10.2 Å². The summed E-state index contributed by atoms with van der Waals surface area (Å²) in [6, 6.07) is 15.4. The number of fused-ring (bicyclic) bond motifs is 1. The molecule has 0 bridgehead atoms. The predicted molar refractivity (Wildman–Crippen MR) is 94.1 cm³/mol. The normalized spacial score (nSPS) is 17.0. The molecule has 1 heterocycles. The molecule has 0 aromatic heterocycles. The van der Waals surface area contributed by atoms with E-state index in [1.54, 1.807) is 12.1 Å². The molecule has 1 N–H and O–H groups in total. The zero-order chi connectivity index (χ0) is 15.5. The number of hydrogen-bond acceptors (Lipinski definition) is 3. The van der Waals surface area contributed by atoms with E-state index in [0.29, 0.717) is 16.8 Å². The van der Waals surface area contributed by atoms with Gasteiger partial charge in [0, 0.05) is 27.4 Å². The molecule has 2 aromatic carbocycles. The van der Waals surface area contributed by atoms with Crippen LogP contribution in [0.3, 0.4) is 0 Å². The molecule has 3 rings (SSSR count). The largest absolute Gasteiger partial charge is 0.360 e. The van der Waals surface area contributed by atoms with Gasteiger partial charge in [-0.3, -0.25) is 4.79 Å². The van der Waals surface area contributed by atoms with Crippen molar-refractivity contribution in [1.82, 2.24) is 0 Å². The fraction of sp³-hybridized carbons (Fsp3) is 0.235. The molecule has 1 unspecified atom stereocenters. The molecule has 0 aliphatic carbocycles. The van der Waals surface area contributed by atoms with Crippen LogP contribution in [-0.4, -0.2) is 24.2 Å².